The van der Waals surface area contributed by atoms with Crippen LogP contribution in [0.1, 0.15) is 65.2 Å². The lowest BCUT2D eigenvalue weighted by Crippen LogP contribution is -2.46. The minimum absolute atomic E-state index is 0.795. The van der Waals surface area contributed by atoms with Crippen LogP contribution in [0.2, 0.25) is 0 Å². The van der Waals surface area contributed by atoms with Crippen LogP contribution in [0.15, 0.2) is 0 Å². The van der Waals surface area contributed by atoms with Crippen LogP contribution in [0.25, 0.3) is 0 Å². The first-order valence-corrected chi connectivity index (χ1v) is 9.86. The van der Waals surface area contributed by atoms with E-state index < -0.39 is 0 Å². The molecule has 1 heterocycles. The number of likely N-dealkylation sites (tertiary alicyclic amines) is 1. The molecule has 2 aliphatic carbocycles. The van der Waals surface area contributed by atoms with E-state index in [4.69, 9.17) is 0 Å². The van der Waals surface area contributed by atoms with Gasteiger partial charge in [0, 0.05) is 12.6 Å². The van der Waals surface area contributed by atoms with E-state index in [0.717, 1.165) is 29.2 Å². The van der Waals surface area contributed by atoms with E-state index in [9.17, 15) is 0 Å². The Morgan fingerprint density at radius 1 is 1.00 bits per heavy atom. The van der Waals surface area contributed by atoms with Crippen LogP contribution in [-0.4, -0.2) is 49.6 Å². The first-order valence-electron chi connectivity index (χ1n) is 9.86. The van der Waals surface area contributed by atoms with Crippen molar-refractivity contribution < 1.29 is 0 Å². The van der Waals surface area contributed by atoms with Gasteiger partial charge >= 0.3 is 0 Å². The lowest BCUT2D eigenvalue weighted by molar-refractivity contribution is -0.0251. The second-order valence-electron chi connectivity index (χ2n) is 9.35. The van der Waals surface area contributed by atoms with E-state index in [-0.39, 0.29) is 0 Å². The van der Waals surface area contributed by atoms with E-state index in [0.29, 0.717) is 0 Å². The minimum Gasteiger partial charge on any atom is -0.306 e. The summed E-state index contributed by atoms with van der Waals surface area (Å²) >= 11 is 0. The summed E-state index contributed by atoms with van der Waals surface area (Å²) in [5.74, 6) is 2.96. The van der Waals surface area contributed by atoms with E-state index in [1.165, 1.54) is 58.2 Å². The Balaban J connectivity index is 1.37. The average molecular weight is 307 g/mol. The highest BCUT2D eigenvalue weighted by Crippen LogP contribution is 2.57. The molecule has 0 radical (unpaired) electrons. The predicted molar refractivity (Wildman–Crippen MR) is 95.1 cm³/mol. The van der Waals surface area contributed by atoms with Gasteiger partial charge < -0.3 is 9.80 Å². The highest BCUT2D eigenvalue weighted by atomic mass is 15.2. The van der Waals surface area contributed by atoms with Crippen LogP contribution in [-0.2, 0) is 0 Å². The van der Waals surface area contributed by atoms with Gasteiger partial charge in [0.1, 0.15) is 0 Å². The van der Waals surface area contributed by atoms with Crippen molar-refractivity contribution in [3.63, 3.8) is 0 Å². The number of hydrogen-bond donors (Lipinski definition) is 0. The standard InChI is InChI=1S/C20H38N2/c1-16(2)18-13-20(14-18)9-5-17(6-10-20)15-22-11-7-19(8-12-22)21(3)4/h16-19H,5-15H2,1-4H3. The minimum atomic E-state index is 0.795. The highest BCUT2D eigenvalue weighted by molar-refractivity contribution is 4.97. The molecule has 0 N–H and O–H groups in total. The van der Waals surface area contributed by atoms with Gasteiger partial charge in [0.2, 0.25) is 0 Å². The molecule has 0 aromatic heterocycles. The van der Waals surface area contributed by atoms with Gasteiger partial charge in [-0.15, -0.1) is 0 Å². The monoisotopic (exact) mass is 306 g/mol. The predicted octanol–water partition coefficient (Wildman–Crippen LogP) is 4.26. The molecule has 2 heteroatoms. The molecule has 3 aliphatic rings. The summed E-state index contributed by atoms with van der Waals surface area (Å²) in [4.78, 5) is 5.18. The molecule has 0 bridgehead atoms. The third-order valence-electron chi connectivity index (χ3n) is 7.30. The SMILES string of the molecule is CC(C)C1CC2(CCC(CN3CCC(N(C)C)CC3)CC2)C1. The number of piperidine rings is 1. The van der Waals surface area contributed by atoms with Crippen LogP contribution in [0.5, 0.6) is 0 Å². The zero-order valence-corrected chi connectivity index (χ0v) is 15.5. The fraction of sp³-hybridized carbons (Fsp3) is 1.00. The zero-order chi connectivity index (χ0) is 15.7. The largest absolute Gasteiger partial charge is 0.306 e. The first-order chi connectivity index (χ1) is 10.5. The van der Waals surface area contributed by atoms with Crippen molar-refractivity contribution in [3.8, 4) is 0 Å². The Hall–Kier alpha value is -0.0800. The van der Waals surface area contributed by atoms with Crippen molar-refractivity contribution in [2.24, 2.45) is 23.2 Å². The zero-order valence-electron chi connectivity index (χ0n) is 15.5. The average Bonchev–Trinajstić information content (AvgIpc) is 2.46. The second kappa shape index (κ2) is 6.81. The molecule has 3 rings (SSSR count). The Bertz CT molecular complexity index is 339. The van der Waals surface area contributed by atoms with Crippen LogP contribution >= 0.6 is 0 Å². The maximum absolute atomic E-state index is 2.76. The Morgan fingerprint density at radius 2 is 1.59 bits per heavy atom. The lowest BCUT2D eigenvalue weighted by atomic mass is 9.52. The van der Waals surface area contributed by atoms with Gasteiger partial charge in [0.25, 0.3) is 0 Å². The summed E-state index contributed by atoms with van der Waals surface area (Å²) in [7, 11) is 4.48. The molecule has 2 nitrogen and oxygen atoms in total. The topological polar surface area (TPSA) is 6.48 Å². The van der Waals surface area contributed by atoms with Gasteiger partial charge in [-0.05, 0) is 102 Å². The summed E-state index contributed by atoms with van der Waals surface area (Å²) in [6.45, 7) is 8.89. The molecule has 1 spiro atoms. The van der Waals surface area contributed by atoms with Gasteiger partial charge in [-0.25, -0.2) is 0 Å². The molecule has 22 heavy (non-hydrogen) atoms. The number of rotatable bonds is 4. The van der Waals surface area contributed by atoms with Crippen molar-refractivity contribution in [1.29, 1.82) is 0 Å². The third-order valence-corrected chi connectivity index (χ3v) is 7.30. The van der Waals surface area contributed by atoms with Crippen molar-refractivity contribution in [3.05, 3.63) is 0 Å². The van der Waals surface area contributed by atoms with Gasteiger partial charge in [-0.3, -0.25) is 0 Å². The van der Waals surface area contributed by atoms with Gasteiger partial charge in [0.15, 0.2) is 0 Å². The molecule has 3 fully saturated rings. The second-order valence-corrected chi connectivity index (χ2v) is 9.35. The fourth-order valence-corrected chi connectivity index (χ4v) is 5.39. The Morgan fingerprint density at radius 3 is 2.09 bits per heavy atom. The van der Waals surface area contributed by atoms with E-state index >= 15 is 0 Å². The molecular formula is C20H38N2. The summed E-state index contributed by atoms with van der Waals surface area (Å²) in [6, 6.07) is 0.828. The summed E-state index contributed by atoms with van der Waals surface area (Å²) < 4.78 is 0. The summed E-state index contributed by atoms with van der Waals surface area (Å²) in [6.07, 6.45) is 11.9. The summed E-state index contributed by atoms with van der Waals surface area (Å²) in [5.41, 5.74) is 0.795. The normalized spacial score (nSPS) is 37.9. The molecule has 0 aromatic carbocycles. The van der Waals surface area contributed by atoms with Crippen molar-refractivity contribution in [2.75, 3.05) is 33.7 Å². The molecule has 0 aromatic rings. The highest BCUT2D eigenvalue weighted by Gasteiger charge is 2.46. The quantitative estimate of drug-likeness (QED) is 0.766. The maximum Gasteiger partial charge on any atom is 0.0113 e. The molecule has 0 unspecified atom stereocenters. The first kappa shape index (κ1) is 16.8. The fourth-order valence-electron chi connectivity index (χ4n) is 5.39. The smallest absolute Gasteiger partial charge is 0.0113 e. The van der Waals surface area contributed by atoms with E-state index in [1.54, 1.807) is 12.8 Å². The van der Waals surface area contributed by atoms with Gasteiger partial charge in [0.05, 0.1) is 0 Å². The van der Waals surface area contributed by atoms with Crippen molar-refractivity contribution in [2.45, 2.75) is 71.3 Å². The van der Waals surface area contributed by atoms with E-state index in [2.05, 4.69) is 37.7 Å². The van der Waals surface area contributed by atoms with Crippen LogP contribution in [0.3, 0.4) is 0 Å². The molecule has 1 saturated heterocycles. The van der Waals surface area contributed by atoms with Crippen molar-refractivity contribution >= 4 is 0 Å². The maximum atomic E-state index is 2.76. The molecule has 0 amide bonds. The molecular weight excluding hydrogens is 268 g/mol. The third kappa shape index (κ3) is 3.70. The molecule has 128 valence electrons. The molecule has 0 atom stereocenters. The van der Waals surface area contributed by atoms with Crippen LogP contribution in [0.4, 0.5) is 0 Å². The van der Waals surface area contributed by atoms with Gasteiger partial charge in [-0.1, -0.05) is 13.8 Å². The van der Waals surface area contributed by atoms with E-state index in [1.807, 2.05) is 0 Å². The van der Waals surface area contributed by atoms with Crippen LogP contribution < -0.4 is 0 Å². The van der Waals surface area contributed by atoms with Gasteiger partial charge in [-0.2, -0.15) is 0 Å². The summed E-state index contributed by atoms with van der Waals surface area (Å²) in [5, 5.41) is 0. The lowest BCUT2D eigenvalue weighted by Gasteiger charge is -2.53. The Kier molecular flexibility index (Phi) is 5.19. The van der Waals surface area contributed by atoms with Crippen molar-refractivity contribution in [1.82, 2.24) is 9.80 Å². The molecule has 1 aliphatic heterocycles. The number of nitrogens with zero attached hydrogens (tertiary/aromatic N) is 2. The molecule has 2 saturated carbocycles. The number of hydrogen-bond acceptors (Lipinski definition) is 2. The Labute approximate surface area is 138 Å². The van der Waals surface area contributed by atoms with Crippen LogP contribution in [0, 0.1) is 23.2 Å².